The van der Waals surface area contributed by atoms with Crippen molar-refractivity contribution in [3.8, 4) is 0 Å². The van der Waals surface area contributed by atoms with Crippen LogP contribution in [0.15, 0.2) is 33.2 Å². The fraction of sp³-hybridized carbons (Fsp3) is 0.133. The van der Waals surface area contributed by atoms with Gasteiger partial charge in [0.25, 0.3) is 5.91 Å². The van der Waals surface area contributed by atoms with E-state index in [9.17, 15) is 4.79 Å². The summed E-state index contributed by atoms with van der Waals surface area (Å²) in [6.45, 7) is 3.71. The van der Waals surface area contributed by atoms with Gasteiger partial charge in [-0.25, -0.2) is 0 Å². The second kappa shape index (κ2) is 6.38. The van der Waals surface area contributed by atoms with Crippen molar-refractivity contribution >= 4 is 60.7 Å². The van der Waals surface area contributed by atoms with Crippen LogP contribution in [0.1, 0.15) is 21.5 Å². The first-order valence-corrected chi connectivity index (χ1v) is 8.08. The molecule has 2 aromatic rings. The Morgan fingerprint density at radius 1 is 1.19 bits per heavy atom. The van der Waals surface area contributed by atoms with Crippen LogP contribution in [0.3, 0.4) is 0 Å². The molecule has 0 saturated carbocycles. The Morgan fingerprint density at radius 2 is 1.86 bits per heavy atom. The average molecular weight is 433 g/mol. The van der Waals surface area contributed by atoms with Crippen molar-refractivity contribution in [2.45, 2.75) is 13.8 Å². The maximum atomic E-state index is 12.4. The normalized spacial score (nSPS) is 10.5. The molecule has 0 saturated heterocycles. The minimum Gasteiger partial charge on any atom is -0.398 e. The number of nitrogens with one attached hydrogen (secondary N) is 1. The van der Waals surface area contributed by atoms with Gasteiger partial charge in [-0.05, 0) is 65.2 Å². The summed E-state index contributed by atoms with van der Waals surface area (Å²) in [6, 6.07) is 7.09. The molecule has 3 N–H and O–H groups in total. The number of carbonyl (C=O) groups excluding carboxylic acids is 1. The number of benzene rings is 2. The molecule has 1 amide bonds. The van der Waals surface area contributed by atoms with Gasteiger partial charge in [0.15, 0.2) is 0 Å². The van der Waals surface area contributed by atoms with Gasteiger partial charge in [-0.15, -0.1) is 0 Å². The minimum atomic E-state index is -0.235. The van der Waals surface area contributed by atoms with Crippen LogP contribution in [0.4, 0.5) is 11.4 Å². The van der Waals surface area contributed by atoms with E-state index in [1.54, 1.807) is 18.2 Å². The molecule has 0 unspecified atom stereocenters. The first-order chi connectivity index (χ1) is 9.79. The van der Waals surface area contributed by atoms with Gasteiger partial charge in [0.05, 0.1) is 5.69 Å². The largest absolute Gasteiger partial charge is 0.398 e. The zero-order chi connectivity index (χ0) is 15.7. The molecule has 0 bridgehead atoms. The Bertz CT molecular complexity index is 732. The summed E-state index contributed by atoms with van der Waals surface area (Å²) in [5.41, 5.74) is 9.26. The number of carbonyl (C=O) groups is 1. The molecule has 6 heteroatoms. The SMILES string of the molecule is Cc1cc(Br)c(NC(=O)c2cc(Br)cc(N)c2C)cc1Cl. The summed E-state index contributed by atoms with van der Waals surface area (Å²) < 4.78 is 1.54. The molecule has 0 aliphatic carbocycles. The first-order valence-electron chi connectivity index (χ1n) is 6.12. The molecule has 0 radical (unpaired) electrons. The molecule has 110 valence electrons. The summed E-state index contributed by atoms with van der Waals surface area (Å²) in [6.07, 6.45) is 0. The standard InChI is InChI=1S/C15H13Br2ClN2O/c1-7-3-11(17)14(6-12(7)18)20-15(21)10-4-9(16)5-13(19)8(10)2/h3-6H,19H2,1-2H3,(H,20,21). The van der Waals surface area contributed by atoms with Gasteiger partial charge in [0.2, 0.25) is 0 Å². The number of hydrogen-bond donors (Lipinski definition) is 2. The molecular weight excluding hydrogens is 419 g/mol. The summed E-state index contributed by atoms with van der Waals surface area (Å²) >= 11 is 12.9. The molecule has 21 heavy (non-hydrogen) atoms. The van der Waals surface area contributed by atoms with E-state index >= 15 is 0 Å². The van der Waals surface area contributed by atoms with Crippen LogP contribution in [0.25, 0.3) is 0 Å². The highest BCUT2D eigenvalue weighted by atomic mass is 79.9. The van der Waals surface area contributed by atoms with Crippen molar-refractivity contribution in [3.05, 3.63) is 54.9 Å². The molecule has 2 aromatic carbocycles. The van der Waals surface area contributed by atoms with Crippen LogP contribution in [0.5, 0.6) is 0 Å². The third kappa shape index (κ3) is 3.59. The molecule has 3 nitrogen and oxygen atoms in total. The Kier molecular flexibility index (Phi) is 4.96. The van der Waals surface area contributed by atoms with E-state index in [1.807, 2.05) is 19.9 Å². The second-order valence-electron chi connectivity index (χ2n) is 4.70. The van der Waals surface area contributed by atoms with Gasteiger partial charge in [-0.1, -0.05) is 27.5 Å². The molecule has 0 aliphatic rings. The lowest BCUT2D eigenvalue weighted by molar-refractivity contribution is 0.102. The third-order valence-electron chi connectivity index (χ3n) is 3.15. The monoisotopic (exact) mass is 430 g/mol. The van der Waals surface area contributed by atoms with Gasteiger partial charge in [0, 0.05) is 25.2 Å². The van der Waals surface area contributed by atoms with Crippen molar-refractivity contribution in [2.24, 2.45) is 0 Å². The Hall–Kier alpha value is -1.04. The van der Waals surface area contributed by atoms with Crippen molar-refractivity contribution in [3.63, 3.8) is 0 Å². The lowest BCUT2D eigenvalue weighted by Crippen LogP contribution is -2.14. The number of hydrogen-bond acceptors (Lipinski definition) is 2. The van der Waals surface area contributed by atoms with Gasteiger partial charge < -0.3 is 11.1 Å². The number of nitrogens with two attached hydrogens (primary N) is 1. The number of halogens is 3. The van der Waals surface area contributed by atoms with Gasteiger partial charge in [-0.3, -0.25) is 4.79 Å². The number of aryl methyl sites for hydroxylation is 1. The van der Waals surface area contributed by atoms with Crippen molar-refractivity contribution in [2.75, 3.05) is 11.1 Å². The highest BCUT2D eigenvalue weighted by Gasteiger charge is 2.14. The molecule has 0 atom stereocenters. The van der Waals surface area contributed by atoms with Crippen LogP contribution in [0.2, 0.25) is 5.02 Å². The van der Waals surface area contributed by atoms with E-state index in [4.69, 9.17) is 17.3 Å². The minimum absolute atomic E-state index is 0.235. The molecule has 2 rings (SSSR count). The molecular formula is C15H13Br2ClN2O. The number of amides is 1. The maximum absolute atomic E-state index is 12.4. The number of nitrogen functional groups attached to an aromatic ring is 1. The molecule has 0 aliphatic heterocycles. The predicted molar refractivity (Wildman–Crippen MR) is 95.1 cm³/mol. The second-order valence-corrected chi connectivity index (χ2v) is 6.88. The first kappa shape index (κ1) is 16.3. The Morgan fingerprint density at radius 3 is 2.52 bits per heavy atom. The third-order valence-corrected chi connectivity index (χ3v) is 4.67. The zero-order valence-electron chi connectivity index (χ0n) is 11.4. The van der Waals surface area contributed by atoms with Crippen molar-refractivity contribution < 1.29 is 4.79 Å². The van der Waals surface area contributed by atoms with Crippen LogP contribution in [0, 0.1) is 13.8 Å². The van der Waals surface area contributed by atoms with Crippen molar-refractivity contribution in [1.29, 1.82) is 0 Å². The average Bonchev–Trinajstić information content (AvgIpc) is 2.40. The summed E-state index contributed by atoms with van der Waals surface area (Å²) in [4.78, 5) is 12.4. The molecule has 0 fully saturated rings. The fourth-order valence-electron chi connectivity index (χ4n) is 1.87. The van der Waals surface area contributed by atoms with Crippen molar-refractivity contribution in [1.82, 2.24) is 0 Å². The lowest BCUT2D eigenvalue weighted by atomic mass is 10.1. The Balaban J connectivity index is 2.37. The van der Waals surface area contributed by atoms with E-state index in [0.717, 1.165) is 20.1 Å². The summed E-state index contributed by atoms with van der Waals surface area (Å²) in [5.74, 6) is -0.235. The number of rotatable bonds is 2. The van der Waals surface area contributed by atoms with E-state index in [-0.39, 0.29) is 5.91 Å². The van der Waals surface area contributed by atoms with Gasteiger partial charge >= 0.3 is 0 Å². The quantitative estimate of drug-likeness (QED) is 0.632. The van der Waals surface area contributed by atoms with Crippen LogP contribution >= 0.6 is 43.5 Å². The highest BCUT2D eigenvalue weighted by molar-refractivity contribution is 9.10. The lowest BCUT2D eigenvalue weighted by Gasteiger charge is -2.12. The van der Waals surface area contributed by atoms with E-state index in [0.29, 0.717) is 22.0 Å². The maximum Gasteiger partial charge on any atom is 0.256 e. The van der Waals surface area contributed by atoms with Crippen LogP contribution in [-0.4, -0.2) is 5.91 Å². The van der Waals surface area contributed by atoms with Gasteiger partial charge in [-0.2, -0.15) is 0 Å². The predicted octanol–water partition coefficient (Wildman–Crippen LogP) is 5.32. The number of anilines is 2. The Labute approximate surface area is 145 Å². The highest BCUT2D eigenvalue weighted by Crippen LogP contribution is 2.30. The molecule has 0 spiro atoms. The van der Waals surface area contributed by atoms with E-state index in [2.05, 4.69) is 37.2 Å². The molecule has 0 heterocycles. The van der Waals surface area contributed by atoms with Gasteiger partial charge in [0.1, 0.15) is 0 Å². The smallest absolute Gasteiger partial charge is 0.256 e. The van der Waals surface area contributed by atoms with Crippen LogP contribution < -0.4 is 11.1 Å². The zero-order valence-corrected chi connectivity index (χ0v) is 15.4. The molecule has 0 aromatic heterocycles. The summed E-state index contributed by atoms with van der Waals surface area (Å²) in [5, 5.41) is 3.44. The topological polar surface area (TPSA) is 55.1 Å². The van der Waals surface area contributed by atoms with Crippen LogP contribution in [-0.2, 0) is 0 Å². The van der Waals surface area contributed by atoms with E-state index < -0.39 is 0 Å². The summed E-state index contributed by atoms with van der Waals surface area (Å²) in [7, 11) is 0. The fourth-order valence-corrected chi connectivity index (χ4v) is 3.06. The van der Waals surface area contributed by atoms with E-state index in [1.165, 1.54) is 0 Å².